The molecule has 0 aliphatic heterocycles. The molecule has 1 N–H and O–H groups in total. The Labute approximate surface area is 378 Å². The van der Waals surface area contributed by atoms with E-state index >= 15 is 0 Å². The van der Waals surface area contributed by atoms with Crippen molar-refractivity contribution in [3.63, 3.8) is 0 Å². The molecule has 4 nitrogen and oxygen atoms in total. The molecule has 1 unspecified atom stereocenters. The first-order valence-corrected chi connectivity index (χ1v) is 22.1. The molecule has 0 saturated heterocycles. The Kier molecular flexibility index (Phi) is 11.5. The van der Waals surface area contributed by atoms with Crippen LogP contribution in [0.1, 0.15) is 61.4 Å². The molecule has 0 spiro atoms. The smallest absolute Gasteiger partial charge is 0.138 e. The van der Waals surface area contributed by atoms with Gasteiger partial charge in [-0.25, -0.2) is 9.97 Å². The average molecular weight is 832 g/mol. The highest BCUT2D eigenvalue weighted by Crippen LogP contribution is 2.44. The van der Waals surface area contributed by atoms with E-state index in [-0.39, 0.29) is 11.2 Å². The molecular formula is C60H53N3O. The number of phenolic OH excluding ortho intramolecular Hbond substituents is 1. The Bertz CT molecular complexity index is 3050. The highest BCUT2D eigenvalue weighted by Gasteiger charge is 2.23. The average Bonchev–Trinajstić information content (AvgIpc) is 3.33. The van der Waals surface area contributed by atoms with Gasteiger partial charge < -0.3 is 5.11 Å². The molecule has 0 aliphatic rings. The zero-order valence-corrected chi connectivity index (χ0v) is 37.4. The molecule has 64 heavy (non-hydrogen) atoms. The van der Waals surface area contributed by atoms with E-state index in [0.717, 1.165) is 78.5 Å². The minimum Gasteiger partial charge on any atom is -0.507 e. The second-order valence-corrected chi connectivity index (χ2v) is 17.8. The molecule has 0 amide bonds. The van der Waals surface area contributed by atoms with Gasteiger partial charge in [0, 0.05) is 34.6 Å². The number of nitrogens with zero attached hydrogens (tertiary/aromatic N) is 3. The fourth-order valence-electron chi connectivity index (χ4n) is 8.76. The van der Waals surface area contributed by atoms with Gasteiger partial charge in [-0.3, -0.25) is 4.90 Å². The summed E-state index contributed by atoms with van der Waals surface area (Å²) in [7, 11) is 0. The van der Waals surface area contributed by atoms with Gasteiger partial charge >= 0.3 is 0 Å². The van der Waals surface area contributed by atoms with Crippen molar-refractivity contribution in [2.45, 2.75) is 52.9 Å². The van der Waals surface area contributed by atoms with Gasteiger partial charge in [-0.05, 0) is 141 Å². The molecular weight excluding hydrogens is 779 g/mol. The zero-order chi connectivity index (χ0) is 44.4. The topological polar surface area (TPSA) is 49.2 Å². The lowest BCUT2D eigenvalue weighted by molar-refractivity contribution is 0.473. The summed E-state index contributed by atoms with van der Waals surface area (Å²) in [6.45, 7) is 13.1. The van der Waals surface area contributed by atoms with E-state index in [1.54, 1.807) is 0 Å². The number of aromatic hydroxyl groups is 1. The molecule has 7 aromatic carbocycles. The quantitative estimate of drug-likeness (QED) is 0.149. The van der Waals surface area contributed by atoms with Crippen LogP contribution in [0.3, 0.4) is 0 Å². The first-order valence-electron chi connectivity index (χ1n) is 22.1. The molecule has 2 heterocycles. The van der Waals surface area contributed by atoms with Crippen molar-refractivity contribution in [1.82, 2.24) is 9.97 Å². The number of phenols is 1. The third-order valence-electron chi connectivity index (χ3n) is 12.4. The van der Waals surface area contributed by atoms with E-state index in [1.165, 1.54) is 11.1 Å². The zero-order valence-electron chi connectivity index (χ0n) is 37.4. The molecule has 9 aromatic rings. The van der Waals surface area contributed by atoms with Crippen LogP contribution in [0.25, 0.3) is 55.9 Å². The lowest BCUT2D eigenvalue weighted by Gasteiger charge is -2.28. The Hall–Kier alpha value is -7.56. The van der Waals surface area contributed by atoms with Crippen molar-refractivity contribution in [2.24, 2.45) is 0 Å². The van der Waals surface area contributed by atoms with Gasteiger partial charge in [-0.2, -0.15) is 0 Å². The van der Waals surface area contributed by atoms with Crippen molar-refractivity contribution >= 4 is 17.2 Å². The van der Waals surface area contributed by atoms with Gasteiger partial charge in [0.1, 0.15) is 11.6 Å². The Morgan fingerprint density at radius 2 is 1.08 bits per heavy atom. The van der Waals surface area contributed by atoms with Gasteiger partial charge in [0.25, 0.3) is 0 Å². The van der Waals surface area contributed by atoms with E-state index in [4.69, 9.17) is 9.97 Å². The molecule has 9 rings (SSSR count). The monoisotopic (exact) mass is 831 g/mol. The van der Waals surface area contributed by atoms with E-state index in [1.807, 2.05) is 43.5 Å². The Balaban J connectivity index is 1.19. The van der Waals surface area contributed by atoms with Crippen LogP contribution in [-0.4, -0.2) is 15.1 Å². The van der Waals surface area contributed by atoms with Crippen molar-refractivity contribution < 1.29 is 5.11 Å². The number of para-hydroxylation sites is 1. The predicted octanol–water partition coefficient (Wildman–Crippen LogP) is 16.1. The SMILES string of the molecule is Cc1cc(-c2cc(-c3ccccc3)cc(-c3cc(N(c4ccccc4)c4cc(-c5ccc(C(C)c6ccccc6)cc5)ccn4)cc(C(C)(C)C)c3)n2)c(O)c(C)c1-c1ccccc1. The minimum atomic E-state index is -0.194. The van der Waals surface area contributed by atoms with Crippen LogP contribution < -0.4 is 4.90 Å². The summed E-state index contributed by atoms with van der Waals surface area (Å²) >= 11 is 0. The molecule has 314 valence electrons. The van der Waals surface area contributed by atoms with Crippen LogP contribution >= 0.6 is 0 Å². The van der Waals surface area contributed by atoms with Gasteiger partial charge in [0.15, 0.2) is 0 Å². The van der Waals surface area contributed by atoms with E-state index < -0.39 is 0 Å². The van der Waals surface area contributed by atoms with E-state index in [0.29, 0.717) is 17.2 Å². The molecule has 0 radical (unpaired) electrons. The maximum atomic E-state index is 12.0. The number of rotatable bonds is 10. The standard InChI is InChI=1S/C60H53N3O/c1-40-33-54(59(64)42(3)58(40)47-23-15-9-16-24-47)56-37-49(45-21-13-8-14-22-45)36-55(62-56)50-34-51(60(4,5)6)39-53(35-50)63(52-25-17-10-18-26-52)57-38-48(31-32-61-57)46-29-27-44(28-30-46)41(2)43-19-11-7-12-20-43/h7-39,41,64H,1-6H3. The number of benzene rings is 7. The van der Waals surface area contributed by atoms with E-state index in [9.17, 15) is 5.11 Å². The van der Waals surface area contributed by atoms with Crippen LogP contribution in [0.15, 0.2) is 200 Å². The minimum absolute atomic E-state index is 0.194. The van der Waals surface area contributed by atoms with Crippen LogP contribution in [-0.2, 0) is 5.41 Å². The number of hydrogen-bond acceptors (Lipinski definition) is 4. The van der Waals surface area contributed by atoms with Crippen LogP contribution in [0.2, 0.25) is 0 Å². The van der Waals surface area contributed by atoms with E-state index in [2.05, 4.69) is 203 Å². The van der Waals surface area contributed by atoms with Crippen molar-refractivity contribution in [3.8, 4) is 61.6 Å². The highest BCUT2D eigenvalue weighted by molar-refractivity contribution is 5.86. The molecule has 1 atom stereocenters. The largest absolute Gasteiger partial charge is 0.507 e. The lowest BCUT2D eigenvalue weighted by atomic mass is 9.85. The Morgan fingerprint density at radius 3 is 1.73 bits per heavy atom. The normalized spacial score (nSPS) is 11.9. The molecule has 0 saturated carbocycles. The summed E-state index contributed by atoms with van der Waals surface area (Å²) in [5.41, 5.74) is 17.0. The lowest BCUT2D eigenvalue weighted by Crippen LogP contribution is -2.16. The fraction of sp³-hybridized carbons (Fsp3) is 0.133. The molecule has 0 bridgehead atoms. The summed E-state index contributed by atoms with van der Waals surface area (Å²) < 4.78 is 0. The summed E-state index contributed by atoms with van der Waals surface area (Å²) in [6.07, 6.45) is 1.91. The second-order valence-electron chi connectivity index (χ2n) is 17.8. The molecule has 2 aromatic heterocycles. The third kappa shape index (κ3) is 8.60. The summed E-state index contributed by atoms with van der Waals surface area (Å²) in [5.74, 6) is 1.33. The summed E-state index contributed by atoms with van der Waals surface area (Å²) in [5, 5.41) is 12.0. The number of aromatic nitrogens is 2. The second kappa shape index (κ2) is 17.7. The van der Waals surface area contributed by atoms with Crippen molar-refractivity contribution in [3.05, 3.63) is 228 Å². The number of pyridine rings is 2. The highest BCUT2D eigenvalue weighted by atomic mass is 16.3. The number of anilines is 3. The van der Waals surface area contributed by atoms with Crippen molar-refractivity contribution in [1.29, 1.82) is 0 Å². The van der Waals surface area contributed by atoms with Gasteiger partial charge in [-0.1, -0.05) is 161 Å². The molecule has 0 aliphatic carbocycles. The maximum Gasteiger partial charge on any atom is 0.138 e. The number of hydrogen-bond donors (Lipinski definition) is 1. The van der Waals surface area contributed by atoms with Crippen molar-refractivity contribution in [2.75, 3.05) is 4.90 Å². The van der Waals surface area contributed by atoms with Gasteiger partial charge in [0.05, 0.1) is 11.4 Å². The van der Waals surface area contributed by atoms with Crippen LogP contribution in [0.4, 0.5) is 17.2 Å². The first kappa shape index (κ1) is 41.8. The fourth-order valence-corrected chi connectivity index (χ4v) is 8.76. The van der Waals surface area contributed by atoms with Crippen LogP contribution in [0, 0.1) is 13.8 Å². The maximum absolute atomic E-state index is 12.0. The third-order valence-corrected chi connectivity index (χ3v) is 12.4. The Morgan fingerprint density at radius 1 is 0.500 bits per heavy atom. The van der Waals surface area contributed by atoms with Gasteiger partial charge in [-0.15, -0.1) is 0 Å². The summed E-state index contributed by atoms with van der Waals surface area (Å²) in [4.78, 5) is 12.7. The molecule has 0 fully saturated rings. The predicted molar refractivity (Wildman–Crippen MR) is 268 cm³/mol. The van der Waals surface area contributed by atoms with Crippen LogP contribution in [0.5, 0.6) is 5.75 Å². The van der Waals surface area contributed by atoms with Gasteiger partial charge in [0.2, 0.25) is 0 Å². The summed E-state index contributed by atoms with van der Waals surface area (Å²) in [6, 6.07) is 68.1. The first-order chi connectivity index (χ1) is 31.0. The molecule has 4 heteroatoms. The number of aryl methyl sites for hydroxylation is 1.